The zero-order valence-electron chi connectivity index (χ0n) is 9.12. The van der Waals surface area contributed by atoms with Gasteiger partial charge in [0.25, 0.3) is 0 Å². The molecule has 15 heavy (non-hydrogen) atoms. The van der Waals surface area contributed by atoms with Crippen molar-refractivity contribution in [1.82, 2.24) is 0 Å². The molecular formula is C11H16O4. The first kappa shape index (κ1) is 11.6. The molecule has 1 aromatic heterocycles. The summed E-state index contributed by atoms with van der Waals surface area (Å²) in [4.78, 5) is 10.8. The van der Waals surface area contributed by atoms with Crippen molar-refractivity contribution in [2.75, 3.05) is 14.2 Å². The molecule has 0 unspecified atom stereocenters. The molecule has 0 N–H and O–H groups in total. The van der Waals surface area contributed by atoms with Crippen molar-refractivity contribution in [2.24, 2.45) is 0 Å². The van der Waals surface area contributed by atoms with Gasteiger partial charge in [-0.25, -0.2) is 0 Å². The quantitative estimate of drug-likeness (QED) is 0.535. The molecule has 4 nitrogen and oxygen atoms in total. The van der Waals surface area contributed by atoms with Crippen molar-refractivity contribution in [2.45, 2.75) is 25.7 Å². The minimum atomic E-state index is -0.165. The summed E-state index contributed by atoms with van der Waals surface area (Å²) in [6.45, 7) is 0. The van der Waals surface area contributed by atoms with Crippen molar-refractivity contribution in [3.8, 4) is 5.75 Å². The van der Waals surface area contributed by atoms with Gasteiger partial charge in [-0.2, -0.15) is 0 Å². The van der Waals surface area contributed by atoms with E-state index in [1.54, 1.807) is 19.4 Å². The topological polar surface area (TPSA) is 48.7 Å². The molecule has 84 valence electrons. The lowest BCUT2D eigenvalue weighted by molar-refractivity contribution is -0.140. The second-order valence-corrected chi connectivity index (χ2v) is 3.20. The normalized spacial score (nSPS) is 10.0. The lowest BCUT2D eigenvalue weighted by Crippen LogP contribution is -1.99. The van der Waals surface area contributed by atoms with Crippen LogP contribution in [0.3, 0.4) is 0 Å². The molecule has 0 aliphatic rings. The average molecular weight is 212 g/mol. The number of ether oxygens (including phenoxy) is 2. The number of methoxy groups -OCH3 is 2. The number of unbranched alkanes of at least 4 members (excludes halogenated alkanes) is 1. The van der Waals surface area contributed by atoms with E-state index in [1.807, 2.05) is 0 Å². The van der Waals surface area contributed by atoms with Crippen LogP contribution in [0.4, 0.5) is 0 Å². The minimum absolute atomic E-state index is 0.165. The highest BCUT2D eigenvalue weighted by molar-refractivity contribution is 5.68. The molecule has 0 aromatic carbocycles. The number of esters is 1. The fourth-order valence-electron chi connectivity index (χ4n) is 1.35. The van der Waals surface area contributed by atoms with Crippen LogP contribution in [-0.4, -0.2) is 20.2 Å². The van der Waals surface area contributed by atoms with Gasteiger partial charge in [0, 0.05) is 18.9 Å². The first-order valence-electron chi connectivity index (χ1n) is 4.95. The van der Waals surface area contributed by atoms with Gasteiger partial charge >= 0.3 is 5.97 Å². The maximum absolute atomic E-state index is 10.8. The number of hydrogen-bond acceptors (Lipinski definition) is 4. The summed E-state index contributed by atoms with van der Waals surface area (Å²) in [6, 6.07) is 1.79. The molecule has 0 bridgehead atoms. The molecule has 0 fully saturated rings. The van der Waals surface area contributed by atoms with E-state index < -0.39 is 0 Å². The van der Waals surface area contributed by atoms with Crippen molar-refractivity contribution >= 4 is 5.97 Å². The maximum atomic E-state index is 10.8. The van der Waals surface area contributed by atoms with Crippen LogP contribution in [-0.2, 0) is 16.0 Å². The molecule has 4 heteroatoms. The molecule has 0 saturated heterocycles. The Labute approximate surface area is 89.2 Å². The predicted octanol–water partition coefficient (Wildman–Crippen LogP) is 2.17. The molecular weight excluding hydrogens is 196 g/mol. The van der Waals surface area contributed by atoms with Gasteiger partial charge in [0.2, 0.25) is 0 Å². The molecule has 0 saturated carbocycles. The predicted molar refractivity (Wildman–Crippen MR) is 54.8 cm³/mol. The molecule has 1 rings (SSSR count). The number of rotatable bonds is 6. The molecule has 0 spiro atoms. The van der Waals surface area contributed by atoms with Gasteiger partial charge in [0.1, 0.15) is 5.76 Å². The SMILES string of the molecule is COC(=O)CCCCc1occc1OC. The highest BCUT2D eigenvalue weighted by atomic mass is 16.5. The Morgan fingerprint density at radius 1 is 1.40 bits per heavy atom. The Morgan fingerprint density at radius 2 is 2.20 bits per heavy atom. The van der Waals surface area contributed by atoms with Crippen LogP contribution in [0.15, 0.2) is 16.7 Å². The second kappa shape index (κ2) is 6.11. The van der Waals surface area contributed by atoms with E-state index in [2.05, 4.69) is 4.74 Å². The van der Waals surface area contributed by atoms with Crippen LogP contribution in [0.5, 0.6) is 5.75 Å². The van der Waals surface area contributed by atoms with Gasteiger partial charge < -0.3 is 13.9 Å². The first-order valence-corrected chi connectivity index (χ1v) is 4.95. The van der Waals surface area contributed by atoms with E-state index in [1.165, 1.54) is 7.11 Å². The fourth-order valence-corrected chi connectivity index (χ4v) is 1.35. The molecule has 0 aliphatic carbocycles. The number of carbonyl (C=O) groups excluding carboxylic acids is 1. The smallest absolute Gasteiger partial charge is 0.305 e. The summed E-state index contributed by atoms with van der Waals surface area (Å²) >= 11 is 0. The lowest BCUT2D eigenvalue weighted by atomic mass is 10.1. The second-order valence-electron chi connectivity index (χ2n) is 3.20. The highest BCUT2D eigenvalue weighted by Crippen LogP contribution is 2.21. The van der Waals surface area contributed by atoms with Crippen molar-refractivity contribution in [3.05, 3.63) is 18.1 Å². The van der Waals surface area contributed by atoms with Gasteiger partial charge in [-0.3, -0.25) is 4.79 Å². The Morgan fingerprint density at radius 3 is 2.87 bits per heavy atom. The monoisotopic (exact) mass is 212 g/mol. The van der Waals surface area contributed by atoms with Gasteiger partial charge in [-0.1, -0.05) is 0 Å². The molecule has 0 atom stereocenters. The summed E-state index contributed by atoms with van der Waals surface area (Å²) in [5.41, 5.74) is 0. The fraction of sp³-hybridized carbons (Fsp3) is 0.545. The van der Waals surface area contributed by atoms with E-state index in [-0.39, 0.29) is 5.97 Å². The van der Waals surface area contributed by atoms with E-state index in [4.69, 9.17) is 9.15 Å². The van der Waals surface area contributed by atoms with E-state index >= 15 is 0 Å². The number of carbonyl (C=O) groups is 1. The van der Waals surface area contributed by atoms with Crippen molar-refractivity contribution in [1.29, 1.82) is 0 Å². The largest absolute Gasteiger partial charge is 0.493 e. The zero-order chi connectivity index (χ0) is 11.1. The summed E-state index contributed by atoms with van der Waals surface area (Å²) in [7, 11) is 3.01. The molecule has 1 aromatic rings. The lowest BCUT2D eigenvalue weighted by Gasteiger charge is -2.01. The summed E-state index contributed by atoms with van der Waals surface area (Å²) < 4.78 is 14.9. The number of furan rings is 1. The van der Waals surface area contributed by atoms with Crippen molar-refractivity contribution in [3.63, 3.8) is 0 Å². The van der Waals surface area contributed by atoms with Gasteiger partial charge in [-0.05, 0) is 12.8 Å². The third kappa shape index (κ3) is 3.65. The summed E-state index contributed by atoms with van der Waals surface area (Å²) in [6.07, 6.45) is 4.54. The molecule has 0 radical (unpaired) electrons. The Bertz CT molecular complexity index is 303. The summed E-state index contributed by atoms with van der Waals surface area (Å²) in [5, 5.41) is 0. The van der Waals surface area contributed by atoms with E-state index in [0.29, 0.717) is 6.42 Å². The Balaban J connectivity index is 2.23. The van der Waals surface area contributed by atoms with Gasteiger partial charge in [0.05, 0.1) is 20.5 Å². The average Bonchev–Trinajstić information content (AvgIpc) is 2.71. The third-order valence-electron chi connectivity index (χ3n) is 2.19. The Hall–Kier alpha value is -1.45. The standard InChI is InChI=1S/C11H16O4/c1-13-9-7-8-15-10(9)5-3-4-6-11(12)14-2/h7-8H,3-6H2,1-2H3. The molecule has 0 aliphatic heterocycles. The third-order valence-corrected chi connectivity index (χ3v) is 2.19. The van der Waals surface area contributed by atoms with Crippen LogP contribution in [0.25, 0.3) is 0 Å². The molecule has 0 amide bonds. The first-order chi connectivity index (χ1) is 7.27. The van der Waals surface area contributed by atoms with Crippen LogP contribution < -0.4 is 4.74 Å². The van der Waals surface area contributed by atoms with E-state index in [9.17, 15) is 4.79 Å². The number of hydrogen-bond donors (Lipinski definition) is 0. The van der Waals surface area contributed by atoms with Crippen LogP contribution >= 0.6 is 0 Å². The van der Waals surface area contributed by atoms with Crippen molar-refractivity contribution < 1.29 is 18.7 Å². The minimum Gasteiger partial charge on any atom is -0.493 e. The summed E-state index contributed by atoms with van der Waals surface area (Å²) in [5.74, 6) is 1.44. The number of aryl methyl sites for hydroxylation is 1. The van der Waals surface area contributed by atoms with Gasteiger partial charge in [-0.15, -0.1) is 0 Å². The van der Waals surface area contributed by atoms with Crippen LogP contribution in [0.1, 0.15) is 25.0 Å². The highest BCUT2D eigenvalue weighted by Gasteiger charge is 2.06. The van der Waals surface area contributed by atoms with Gasteiger partial charge in [0.15, 0.2) is 5.75 Å². The Kier molecular flexibility index (Phi) is 4.74. The van der Waals surface area contributed by atoms with Crippen LogP contribution in [0, 0.1) is 0 Å². The zero-order valence-corrected chi connectivity index (χ0v) is 9.12. The maximum Gasteiger partial charge on any atom is 0.305 e. The van der Waals surface area contributed by atoms with E-state index in [0.717, 1.165) is 30.8 Å². The van der Waals surface area contributed by atoms with Crippen LogP contribution in [0.2, 0.25) is 0 Å². The molecule has 1 heterocycles.